The number of nitrogens with zero attached hydrogens (tertiary/aromatic N) is 5. The maximum Gasteiger partial charge on any atom is 0.242 e. The van der Waals surface area contributed by atoms with E-state index in [4.69, 9.17) is 9.47 Å². The maximum atomic E-state index is 12.9. The average molecular weight is 406 g/mol. The van der Waals surface area contributed by atoms with Crippen molar-refractivity contribution in [1.82, 2.24) is 24.8 Å². The van der Waals surface area contributed by atoms with E-state index in [-0.39, 0.29) is 18.7 Å². The molecule has 1 fully saturated rings. The quantitative estimate of drug-likeness (QED) is 0.666. The first-order valence-electron chi connectivity index (χ1n) is 10.0. The van der Waals surface area contributed by atoms with Gasteiger partial charge in [0.05, 0.1) is 0 Å². The van der Waals surface area contributed by atoms with E-state index in [9.17, 15) is 4.79 Å². The Balaban J connectivity index is 1.22. The first-order valence-corrected chi connectivity index (χ1v) is 10.0. The molecule has 0 saturated carbocycles. The molecule has 1 saturated heterocycles. The van der Waals surface area contributed by atoms with Gasteiger partial charge in [-0.1, -0.05) is 6.07 Å². The molecule has 0 bridgehead atoms. The molecule has 3 aromatic rings. The highest BCUT2D eigenvalue weighted by atomic mass is 16.7. The number of aromatic nitrogens is 4. The summed E-state index contributed by atoms with van der Waals surface area (Å²) in [6.45, 7) is 1.62. The lowest BCUT2D eigenvalue weighted by Crippen LogP contribution is -2.44. The molecule has 1 unspecified atom stereocenters. The maximum absolute atomic E-state index is 12.9. The van der Waals surface area contributed by atoms with Gasteiger partial charge in [-0.2, -0.15) is 4.98 Å². The van der Waals surface area contributed by atoms with Crippen molar-refractivity contribution in [2.45, 2.75) is 25.3 Å². The van der Waals surface area contributed by atoms with E-state index < -0.39 is 0 Å². The summed E-state index contributed by atoms with van der Waals surface area (Å²) in [7, 11) is 0. The number of hydrogen-bond donors (Lipinski definition) is 1. The summed E-state index contributed by atoms with van der Waals surface area (Å²) in [6.07, 6.45) is 9.33. The van der Waals surface area contributed by atoms with Crippen molar-refractivity contribution in [2.24, 2.45) is 0 Å². The minimum Gasteiger partial charge on any atom is -0.454 e. The summed E-state index contributed by atoms with van der Waals surface area (Å²) in [4.78, 5) is 27.9. The van der Waals surface area contributed by atoms with E-state index >= 15 is 0 Å². The first-order chi connectivity index (χ1) is 14.8. The number of rotatable bonds is 6. The zero-order chi connectivity index (χ0) is 20.3. The SMILES string of the molecule is O=C(NCCc1ccc2c(c1)OCO2)C1CCCN1c1ccnc(-n2ccnc2)n1. The minimum absolute atomic E-state index is 0.0241. The lowest BCUT2D eigenvalue weighted by atomic mass is 10.1. The van der Waals surface area contributed by atoms with E-state index in [0.29, 0.717) is 12.5 Å². The number of carbonyl (C=O) groups excluding carboxylic acids is 1. The normalized spacial score (nSPS) is 17.3. The fourth-order valence-corrected chi connectivity index (χ4v) is 3.86. The van der Waals surface area contributed by atoms with E-state index in [2.05, 4.69) is 25.2 Å². The number of hydrogen-bond acceptors (Lipinski definition) is 7. The molecule has 0 aliphatic carbocycles. The van der Waals surface area contributed by atoms with Crippen LogP contribution in [0.25, 0.3) is 5.95 Å². The number of benzene rings is 1. The van der Waals surface area contributed by atoms with Crippen molar-refractivity contribution in [2.75, 3.05) is 24.8 Å². The molecule has 0 spiro atoms. The van der Waals surface area contributed by atoms with Gasteiger partial charge in [0.15, 0.2) is 11.5 Å². The first kappa shape index (κ1) is 18.4. The van der Waals surface area contributed by atoms with Gasteiger partial charge in [-0.3, -0.25) is 9.36 Å². The zero-order valence-electron chi connectivity index (χ0n) is 16.4. The summed E-state index contributed by atoms with van der Waals surface area (Å²) >= 11 is 0. The smallest absolute Gasteiger partial charge is 0.242 e. The number of ether oxygens (including phenoxy) is 2. The average Bonchev–Trinajstić information content (AvgIpc) is 3.55. The minimum atomic E-state index is -0.229. The molecule has 1 amide bonds. The van der Waals surface area contributed by atoms with Crippen LogP contribution >= 0.6 is 0 Å². The third kappa shape index (κ3) is 3.66. The van der Waals surface area contributed by atoms with Crippen LogP contribution in [0.1, 0.15) is 18.4 Å². The van der Waals surface area contributed by atoms with Crippen molar-refractivity contribution in [3.8, 4) is 17.4 Å². The number of anilines is 1. The monoisotopic (exact) mass is 406 g/mol. The van der Waals surface area contributed by atoms with Crippen LogP contribution < -0.4 is 19.7 Å². The summed E-state index contributed by atoms with van der Waals surface area (Å²) < 4.78 is 12.5. The lowest BCUT2D eigenvalue weighted by molar-refractivity contribution is -0.122. The highest BCUT2D eigenvalue weighted by Crippen LogP contribution is 2.32. The molecule has 30 heavy (non-hydrogen) atoms. The van der Waals surface area contributed by atoms with Gasteiger partial charge in [0.25, 0.3) is 0 Å². The molecule has 9 heteroatoms. The molecule has 1 N–H and O–H groups in total. The molecule has 1 atom stereocenters. The van der Waals surface area contributed by atoms with E-state index in [1.807, 2.05) is 24.3 Å². The zero-order valence-corrected chi connectivity index (χ0v) is 16.4. The van der Waals surface area contributed by atoms with Gasteiger partial charge in [-0.25, -0.2) is 9.97 Å². The molecule has 2 aromatic heterocycles. The predicted octanol–water partition coefficient (Wildman–Crippen LogP) is 1.72. The Labute approximate surface area is 173 Å². The van der Waals surface area contributed by atoms with E-state index in [1.54, 1.807) is 29.5 Å². The van der Waals surface area contributed by atoms with Crippen LogP contribution in [0.5, 0.6) is 11.5 Å². The largest absolute Gasteiger partial charge is 0.454 e. The highest BCUT2D eigenvalue weighted by Gasteiger charge is 2.31. The van der Waals surface area contributed by atoms with Gasteiger partial charge in [0, 0.05) is 31.7 Å². The van der Waals surface area contributed by atoms with Gasteiger partial charge in [-0.15, -0.1) is 0 Å². The van der Waals surface area contributed by atoms with Crippen LogP contribution in [0.3, 0.4) is 0 Å². The van der Waals surface area contributed by atoms with Gasteiger partial charge < -0.3 is 19.7 Å². The fraction of sp³-hybridized carbons (Fsp3) is 0.333. The standard InChI is InChI=1S/C21H22N6O3/c28-20(23-7-5-15-3-4-17-18(12-15)30-14-29-17)16-2-1-10-27(16)19-6-8-24-21(25-19)26-11-9-22-13-26/h3-4,6,8-9,11-13,16H,1-2,5,7,10,14H2,(H,23,28). The molecular weight excluding hydrogens is 384 g/mol. The Bertz CT molecular complexity index is 1040. The van der Waals surface area contributed by atoms with Crippen molar-refractivity contribution in [1.29, 1.82) is 0 Å². The van der Waals surface area contributed by atoms with Crippen molar-refractivity contribution in [3.63, 3.8) is 0 Å². The van der Waals surface area contributed by atoms with Gasteiger partial charge in [-0.05, 0) is 43.0 Å². The predicted molar refractivity (Wildman–Crippen MR) is 109 cm³/mol. The summed E-state index contributed by atoms with van der Waals surface area (Å²) in [6, 6.07) is 7.49. The second-order valence-corrected chi connectivity index (χ2v) is 7.26. The number of nitrogens with one attached hydrogen (secondary N) is 1. The molecule has 9 nitrogen and oxygen atoms in total. The Kier molecular flexibility index (Phi) is 4.92. The second-order valence-electron chi connectivity index (χ2n) is 7.26. The molecule has 154 valence electrons. The third-order valence-corrected chi connectivity index (χ3v) is 5.36. The van der Waals surface area contributed by atoms with Gasteiger partial charge in [0.1, 0.15) is 18.2 Å². The third-order valence-electron chi connectivity index (χ3n) is 5.36. The summed E-state index contributed by atoms with van der Waals surface area (Å²) in [5.41, 5.74) is 1.10. The van der Waals surface area contributed by atoms with Crippen molar-refractivity contribution >= 4 is 11.7 Å². The molecule has 5 rings (SSSR count). The van der Waals surface area contributed by atoms with Crippen LogP contribution in [-0.4, -0.2) is 51.4 Å². The van der Waals surface area contributed by atoms with Crippen LogP contribution in [0.15, 0.2) is 49.2 Å². The lowest BCUT2D eigenvalue weighted by Gasteiger charge is -2.25. The number of carbonyl (C=O) groups is 1. The Hall–Kier alpha value is -3.62. The van der Waals surface area contributed by atoms with Crippen LogP contribution in [0.4, 0.5) is 5.82 Å². The van der Waals surface area contributed by atoms with Crippen LogP contribution in [0.2, 0.25) is 0 Å². The molecule has 1 aromatic carbocycles. The number of imidazole rings is 1. The Morgan fingerprint density at radius 2 is 2.13 bits per heavy atom. The second kappa shape index (κ2) is 8.02. The fourth-order valence-electron chi connectivity index (χ4n) is 3.86. The van der Waals surface area contributed by atoms with Crippen LogP contribution in [0, 0.1) is 0 Å². The molecule has 4 heterocycles. The summed E-state index contributed by atoms with van der Waals surface area (Å²) in [5.74, 6) is 2.85. The highest BCUT2D eigenvalue weighted by molar-refractivity contribution is 5.85. The Morgan fingerprint density at radius 3 is 3.03 bits per heavy atom. The van der Waals surface area contributed by atoms with E-state index in [0.717, 1.165) is 48.7 Å². The molecule has 2 aliphatic heterocycles. The number of amides is 1. The summed E-state index contributed by atoms with van der Waals surface area (Å²) in [5, 5.41) is 3.07. The molecule has 0 radical (unpaired) electrons. The van der Waals surface area contributed by atoms with Gasteiger partial charge >= 0.3 is 0 Å². The Morgan fingerprint density at radius 1 is 1.20 bits per heavy atom. The number of fused-ring (bicyclic) bond motifs is 1. The molecule has 2 aliphatic rings. The molecular formula is C21H22N6O3. The van der Waals surface area contributed by atoms with Gasteiger partial charge in [0.2, 0.25) is 18.6 Å². The topological polar surface area (TPSA) is 94.4 Å². The van der Waals surface area contributed by atoms with Crippen molar-refractivity contribution in [3.05, 3.63) is 54.7 Å². The van der Waals surface area contributed by atoms with E-state index in [1.165, 1.54) is 0 Å². The van der Waals surface area contributed by atoms with Crippen LogP contribution in [-0.2, 0) is 11.2 Å². The van der Waals surface area contributed by atoms with Crippen molar-refractivity contribution < 1.29 is 14.3 Å².